The Kier molecular flexibility index (Phi) is 17.7. The van der Waals surface area contributed by atoms with Gasteiger partial charge in [0.15, 0.2) is 5.79 Å². The van der Waals surface area contributed by atoms with Crippen molar-refractivity contribution in [3.8, 4) is 0 Å². The molecule has 0 N–H and O–H groups in total. The van der Waals surface area contributed by atoms with Gasteiger partial charge < -0.3 is 9.47 Å². The molecule has 0 spiro atoms. The lowest BCUT2D eigenvalue weighted by Crippen LogP contribution is -2.26. The van der Waals surface area contributed by atoms with Gasteiger partial charge in [0.1, 0.15) is 0 Å². The molecule has 146 valence electrons. The monoisotopic (exact) mass is 342 g/mol. The maximum atomic E-state index is 5.68. The van der Waals surface area contributed by atoms with E-state index in [1.54, 1.807) is 7.11 Å². The summed E-state index contributed by atoms with van der Waals surface area (Å²) in [5.41, 5.74) is 0. The molecule has 0 bridgehead atoms. The second-order valence-corrected chi connectivity index (χ2v) is 7.76. The molecule has 0 fully saturated rings. The van der Waals surface area contributed by atoms with E-state index in [2.05, 4.69) is 6.92 Å². The SMILES string of the molecule is CCCCCCCCCCCCCCCCCCOC(C)(C)OC. The molecule has 0 saturated carbocycles. The van der Waals surface area contributed by atoms with Crippen molar-refractivity contribution in [3.05, 3.63) is 0 Å². The van der Waals surface area contributed by atoms with Gasteiger partial charge in [0.05, 0.1) is 0 Å². The zero-order chi connectivity index (χ0) is 17.9. The van der Waals surface area contributed by atoms with Crippen LogP contribution in [0.5, 0.6) is 0 Å². The Hall–Kier alpha value is -0.0800. The standard InChI is InChI=1S/C22H46O2/c1-5-6-7-8-9-10-11-12-13-14-15-16-17-18-19-20-21-24-22(2,3)23-4/h5-21H2,1-4H3. The molecule has 0 aromatic carbocycles. The lowest BCUT2D eigenvalue weighted by Gasteiger charge is -2.23. The van der Waals surface area contributed by atoms with Crippen molar-refractivity contribution in [2.75, 3.05) is 13.7 Å². The molecule has 0 heterocycles. The number of methoxy groups -OCH3 is 1. The molecule has 0 aliphatic heterocycles. The van der Waals surface area contributed by atoms with Crippen molar-refractivity contribution in [2.24, 2.45) is 0 Å². The van der Waals surface area contributed by atoms with Gasteiger partial charge in [-0.05, 0) is 20.3 Å². The number of hydrogen-bond acceptors (Lipinski definition) is 2. The van der Waals surface area contributed by atoms with Crippen LogP contribution in [0.3, 0.4) is 0 Å². The van der Waals surface area contributed by atoms with Crippen LogP contribution in [0.25, 0.3) is 0 Å². The van der Waals surface area contributed by atoms with Crippen molar-refractivity contribution in [1.82, 2.24) is 0 Å². The molecule has 0 unspecified atom stereocenters. The summed E-state index contributed by atoms with van der Waals surface area (Å²) in [6.45, 7) is 7.05. The molecule has 2 heteroatoms. The van der Waals surface area contributed by atoms with Crippen molar-refractivity contribution < 1.29 is 9.47 Å². The van der Waals surface area contributed by atoms with Crippen LogP contribution >= 0.6 is 0 Å². The fraction of sp³-hybridized carbons (Fsp3) is 1.00. The summed E-state index contributed by atoms with van der Waals surface area (Å²) in [6, 6.07) is 0. The van der Waals surface area contributed by atoms with Gasteiger partial charge in [-0.3, -0.25) is 0 Å². The second-order valence-electron chi connectivity index (χ2n) is 7.76. The molecule has 0 aliphatic rings. The minimum atomic E-state index is -0.421. The van der Waals surface area contributed by atoms with Crippen LogP contribution in [0.15, 0.2) is 0 Å². The molecule has 0 saturated heterocycles. The fourth-order valence-corrected chi connectivity index (χ4v) is 3.03. The maximum Gasteiger partial charge on any atom is 0.162 e. The average molecular weight is 343 g/mol. The zero-order valence-electron chi connectivity index (χ0n) is 17.3. The first-order valence-electron chi connectivity index (χ1n) is 10.8. The van der Waals surface area contributed by atoms with E-state index >= 15 is 0 Å². The van der Waals surface area contributed by atoms with Gasteiger partial charge in [-0.25, -0.2) is 0 Å². The first-order chi connectivity index (χ1) is 11.6. The Balaban J connectivity index is 3.05. The van der Waals surface area contributed by atoms with Gasteiger partial charge in [0.25, 0.3) is 0 Å². The predicted molar refractivity (Wildman–Crippen MR) is 107 cm³/mol. The van der Waals surface area contributed by atoms with E-state index in [9.17, 15) is 0 Å². The van der Waals surface area contributed by atoms with Gasteiger partial charge in [-0.1, -0.05) is 103 Å². The third kappa shape index (κ3) is 18.3. The number of hydrogen-bond donors (Lipinski definition) is 0. The smallest absolute Gasteiger partial charge is 0.162 e. The van der Waals surface area contributed by atoms with Crippen LogP contribution in [0.2, 0.25) is 0 Å². The third-order valence-electron chi connectivity index (χ3n) is 4.94. The molecule has 0 atom stereocenters. The highest BCUT2D eigenvalue weighted by Gasteiger charge is 2.15. The topological polar surface area (TPSA) is 18.5 Å². The lowest BCUT2D eigenvalue weighted by molar-refractivity contribution is -0.197. The highest BCUT2D eigenvalue weighted by molar-refractivity contribution is 4.53. The van der Waals surface area contributed by atoms with Crippen molar-refractivity contribution >= 4 is 0 Å². The van der Waals surface area contributed by atoms with Crippen LogP contribution in [-0.2, 0) is 9.47 Å². The second kappa shape index (κ2) is 17.7. The van der Waals surface area contributed by atoms with E-state index in [-0.39, 0.29) is 0 Å². The predicted octanol–water partition coefficient (Wildman–Crippen LogP) is 7.65. The molecule has 0 aliphatic carbocycles. The van der Waals surface area contributed by atoms with Gasteiger partial charge in [-0.15, -0.1) is 0 Å². The van der Waals surface area contributed by atoms with Crippen molar-refractivity contribution in [3.63, 3.8) is 0 Å². The number of rotatable bonds is 19. The van der Waals surface area contributed by atoms with E-state index in [0.717, 1.165) is 13.0 Å². The summed E-state index contributed by atoms with van der Waals surface area (Å²) >= 11 is 0. The van der Waals surface area contributed by atoms with Crippen LogP contribution in [0.4, 0.5) is 0 Å². The first kappa shape index (κ1) is 23.9. The summed E-state index contributed by atoms with van der Waals surface area (Å²) < 4.78 is 10.9. The molecule has 0 rings (SSSR count). The van der Waals surface area contributed by atoms with Crippen LogP contribution in [0, 0.1) is 0 Å². The average Bonchev–Trinajstić information content (AvgIpc) is 2.57. The van der Waals surface area contributed by atoms with Crippen LogP contribution < -0.4 is 0 Å². The van der Waals surface area contributed by atoms with Crippen molar-refractivity contribution in [1.29, 1.82) is 0 Å². The molecule has 2 nitrogen and oxygen atoms in total. The quantitative estimate of drug-likeness (QED) is 0.177. The van der Waals surface area contributed by atoms with E-state index in [1.807, 2.05) is 13.8 Å². The summed E-state index contributed by atoms with van der Waals surface area (Å²) in [4.78, 5) is 0. The van der Waals surface area contributed by atoms with Gasteiger partial charge in [0.2, 0.25) is 0 Å². The highest BCUT2D eigenvalue weighted by atomic mass is 16.7. The van der Waals surface area contributed by atoms with Gasteiger partial charge in [0, 0.05) is 13.7 Å². The van der Waals surface area contributed by atoms with E-state index in [1.165, 1.54) is 96.3 Å². The van der Waals surface area contributed by atoms with Crippen molar-refractivity contribution in [2.45, 2.75) is 129 Å². The molecule has 0 amide bonds. The van der Waals surface area contributed by atoms with Crippen LogP contribution in [-0.4, -0.2) is 19.5 Å². The molecule has 24 heavy (non-hydrogen) atoms. The molecule has 0 aromatic heterocycles. The van der Waals surface area contributed by atoms with E-state index in [4.69, 9.17) is 9.47 Å². The Morgan fingerprint density at radius 2 is 0.875 bits per heavy atom. The van der Waals surface area contributed by atoms with Gasteiger partial charge >= 0.3 is 0 Å². The van der Waals surface area contributed by atoms with Gasteiger partial charge in [-0.2, -0.15) is 0 Å². The molecule has 0 aromatic rings. The summed E-state index contributed by atoms with van der Waals surface area (Å²) in [6.07, 6.45) is 22.5. The third-order valence-corrected chi connectivity index (χ3v) is 4.94. The Bertz CT molecular complexity index is 238. The summed E-state index contributed by atoms with van der Waals surface area (Å²) in [5.74, 6) is -0.421. The van der Waals surface area contributed by atoms with E-state index in [0.29, 0.717) is 0 Å². The first-order valence-corrected chi connectivity index (χ1v) is 10.8. The lowest BCUT2D eigenvalue weighted by atomic mass is 10.0. The number of unbranched alkanes of at least 4 members (excludes halogenated alkanes) is 15. The molecular formula is C22H46O2. The normalized spacial score (nSPS) is 12.0. The summed E-state index contributed by atoms with van der Waals surface area (Å²) in [5, 5.41) is 0. The molecular weight excluding hydrogens is 296 g/mol. The highest BCUT2D eigenvalue weighted by Crippen LogP contribution is 2.14. The fourth-order valence-electron chi connectivity index (χ4n) is 3.03. The largest absolute Gasteiger partial charge is 0.354 e. The molecule has 0 radical (unpaired) electrons. The summed E-state index contributed by atoms with van der Waals surface area (Å²) in [7, 11) is 1.70. The zero-order valence-corrected chi connectivity index (χ0v) is 17.3. The maximum absolute atomic E-state index is 5.68. The Labute approximate surface area is 153 Å². The van der Waals surface area contributed by atoms with Crippen LogP contribution in [0.1, 0.15) is 124 Å². The number of ether oxygens (including phenoxy) is 2. The Morgan fingerprint density at radius 1 is 0.542 bits per heavy atom. The van der Waals surface area contributed by atoms with E-state index < -0.39 is 5.79 Å². The minimum Gasteiger partial charge on any atom is -0.354 e. The Morgan fingerprint density at radius 3 is 1.21 bits per heavy atom. The minimum absolute atomic E-state index is 0.421.